The molecule has 0 atom stereocenters. The Bertz CT molecular complexity index is 477. The SMILES string of the molecule is O=C(NCC1=CCCC=C1)c1ccccc1F. The lowest BCUT2D eigenvalue weighted by atomic mass is 10.1. The van der Waals surface area contributed by atoms with Gasteiger partial charge >= 0.3 is 0 Å². The summed E-state index contributed by atoms with van der Waals surface area (Å²) in [7, 11) is 0. The topological polar surface area (TPSA) is 29.1 Å². The monoisotopic (exact) mass is 231 g/mol. The van der Waals surface area contributed by atoms with Gasteiger partial charge in [-0.2, -0.15) is 0 Å². The van der Waals surface area contributed by atoms with Gasteiger partial charge in [0, 0.05) is 6.54 Å². The molecule has 0 saturated carbocycles. The lowest BCUT2D eigenvalue weighted by molar-refractivity contribution is 0.0953. The van der Waals surface area contributed by atoms with Crippen molar-refractivity contribution in [1.82, 2.24) is 5.32 Å². The molecule has 1 aliphatic rings. The summed E-state index contributed by atoms with van der Waals surface area (Å²) < 4.78 is 13.3. The van der Waals surface area contributed by atoms with E-state index >= 15 is 0 Å². The van der Waals surface area contributed by atoms with Crippen LogP contribution in [0.25, 0.3) is 0 Å². The highest BCUT2D eigenvalue weighted by molar-refractivity contribution is 5.94. The van der Waals surface area contributed by atoms with E-state index < -0.39 is 5.82 Å². The zero-order chi connectivity index (χ0) is 12.1. The van der Waals surface area contributed by atoms with Crippen molar-refractivity contribution in [3.05, 3.63) is 59.4 Å². The summed E-state index contributed by atoms with van der Waals surface area (Å²) in [5.74, 6) is -0.860. The van der Waals surface area contributed by atoms with Crippen LogP contribution in [-0.2, 0) is 0 Å². The number of hydrogen-bond acceptors (Lipinski definition) is 1. The second kappa shape index (κ2) is 5.43. The van der Waals surface area contributed by atoms with Gasteiger partial charge in [0.1, 0.15) is 5.82 Å². The summed E-state index contributed by atoms with van der Waals surface area (Å²) >= 11 is 0. The van der Waals surface area contributed by atoms with Gasteiger partial charge in [-0.1, -0.05) is 30.4 Å². The smallest absolute Gasteiger partial charge is 0.254 e. The second-order valence-corrected chi connectivity index (χ2v) is 3.92. The van der Waals surface area contributed by atoms with E-state index in [-0.39, 0.29) is 11.5 Å². The van der Waals surface area contributed by atoms with Crippen LogP contribution in [0.4, 0.5) is 4.39 Å². The van der Waals surface area contributed by atoms with Gasteiger partial charge in [0.25, 0.3) is 5.91 Å². The molecule has 1 aliphatic carbocycles. The molecule has 0 aromatic heterocycles. The van der Waals surface area contributed by atoms with Crippen LogP contribution in [0.5, 0.6) is 0 Å². The first-order chi connectivity index (χ1) is 8.27. The third kappa shape index (κ3) is 3.03. The summed E-state index contributed by atoms with van der Waals surface area (Å²) in [6.07, 6.45) is 8.20. The molecule has 0 aliphatic heterocycles. The molecule has 1 N–H and O–H groups in total. The van der Waals surface area contributed by atoms with Crippen molar-refractivity contribution in [2.75, 3.05) is 6.54 Å². The van der Waals surface area contributed by atoms with Crippen molar-refractivity contribution in [3.63, 3.8) is 0 Å². The van der Waals surface area contributed by atoms with Crippen LogP contribution in [0.3, 0.4) is 0 Å². The van der Waals surface area contributed by atoms with Crippen molar-refractivity contribution >= 4 is 5.91 Å². The van der Waals surface area contributed by atoms with Crippen LogP contribution in [0, 0.1) is 5.82 Å². The van der Waals surface area contributed by atoms with Crippen molar-refractivity contribution < 1.29 is 9.18 Å². The lowest BCUT2D eigenvalue weighted by Crippen LogP contribution is -2.26. The molecular formula is C14H14FNO. The summed E-state index contributed by atoms with van der Waals surface area (Å²) in [6, 6.07) is 5.99. The largest absolute Gasteiger partial charge is 0.348 e. The average molecular weight is 231 g/mol. The first-order valence-corrected chi connectivity index (χ1v) is 5.65. The van der Waals surface area contributed by atoms with E-state index in [9.17, 15) is 9.18 Å². The Morgan fingerprint density at radius 1 is 1.29 bits per heavy atom. The summed E-state index contributed by atoms with van der Waals surface area (Å²) in [4.78, 5) is 11.7. The molecule has 88 valence electrons. The normalized spacial score (nSPS) is 14.3. The maximum atomic E-state index is 13.3. The van der Waals surface area contributed by atoms with Gasteiger partial charge in [0.15, 0.2) is 0 Å². The van der Waals surface area contributed by atoms with Crippen LogP contribution in [0.2, 0.25) is 0 Å². The van der Waals surface area contributed by atoms with Gasteiger partial charge in [0.05, 0.1) is 5.56 Å². The number of benzene rings is 1. The minimum atomic E-state index is -0.488. The number of nitrogens with one attached hydrogen (secondary N) is 1. The maximum absolute atomic E-state index is 13.3. The van der Waals surface area contributed by atoms with Crippen molar-refractivity contribution in [3.8, 4) is 0 Å². The second-order valence-electron chi connectivity index (χ2n) is 3.92. The molecule has 0 fully saturated rings. The molecule has 0 bridgehead atoms. The van der Waals surface area contributed by atoms with Crippen LogP contribution in [-0.4, -0.2) is 12.5 Å². The van der Waals surface area contributed by atoms with E-state index in [1.807, 2.05) is 6.08 Å². The molecule has 0 spiro atoms. The maximum Gasteiger partial charge on any atom is 0.254 e. The van der Waals surface area contributed by atoms with Gasteiger partial charge in [-0.3, -0.25) is 4.79 Å². The van der Waals surface area contributed by atoms with Crippen LogP contribution < -0.4 is 5.32 Å². The molecule has 17 heavy (non-hydrogen) atoms. The number of halogens is 1. The van der Waals surface area contributed by atoms with Crippen LogP contribution in [0.15, 0.2) is 48.1 Å². The average Bonchev–Trinajstić information content (AvgIpc) is 2.38. The molecule has 1 aromatic carbocycles. The number of carbonyl (C=O) groups is 1. The molecule has 0 heterocycles. The fourth-order valence-electron chi connectivity index (χ4n) is 1.72. The minimum absolute atomic E-state index is 0.0906. The summed E-state index contributed by atoms with van der Waals surface area (Å²) in [5.41, 5.74) is 1.16. The highest BCUT2D eigenvalue weighted by Gasteiger charge is 2.10. The Kier molecular flexibility index (Phi) is 3.70. The van der Waals surface area contributed by atoms with Gasteiger partial charge < -0.3 is 5.32 Å². The van der Waals surface area contributed by atoms with Crippen molar-refractivity contribution in [2.45, 2.75) is 12.8 Å². The third-order valence-corrected chi connectivity index (χ3v) is 2.64. The number of allylic oxidation sites excluding steroid dienone is 2. The van der Waals surface area contributed by atoms with Gasteiger partial charge in [-0.05, 0) is 30.5 Å². The van der Waals surface area contributed by atoms with Crippen molar-refractivity contribution in [1.29, 1.82) is 0 Å². The Morgan fingerprint density at radius 2 is 2.12 bits per heavy atom. The van der Waals surface area contributed by atoms with E-state index in [2.05, 4.69) is 17.5 Å². The molecule has 2 rings (SSSR count). The summed E-state index contributed by atoms with van der Waals surface area (Å²) in [6.45, 7) is 0.448. The standard InChI is InChI=1S/C14H14FNO/c15-13-9-5-4-8-12(13)14(17)16-10-11-6-2-1-3-7-11/h2,4-9H,1,3,10H2,(H,16,17). The fraction of sp³-hybridized carbons (Fsp3) is 0.214. The predicted octanol–water partition coefficient (Wildman–Crippen LogP) is 2.83. The number of amides is 1. The Labute approximate surface area is 99.8 Å². The zero-order valence-electron chi connectivity index (χ0n) is 9.45. The van der Waals surface area contributed by atoms with E-state index in [0.717, 1.165) is 18.4 Å². The van der Waals surface area contributed by atoms with Crippen LogP contribution in [0.1, 0.15) is 23.2 Å². The molecule has 2 nitrogen and oxygen atoms in total. The van der Waals surface area contributed by atoms with Crippen LogP contribution >= 0.6 is 0 Å². The first kappa shape index (κ1) is 11.6. The van der Waals surface area contributed by atoms with Crippen molar-refractivity contribution in [2.24, 2.45) is 0 Å². The van der Waals surface area contributed by atoms with Gasteiger partial charge in [0.2, 0.25) is 0 Å². The lowest BCUT2D eigenvalue weighted by Gasteiger charge is -2.09. The van der Waals surface area contributed by atoms with E-state index in [1.165, 1.54) is 12.1 Å². The molecule has 0 unspecified atom stereocenters. The first-order valence-electron chi connectivity index (χ1n) is 5.65. The minimum Gasteiger partial charge on any atom is -0.348 e. The molecule has 1 aromatic rings. The zero-order valence-corrected chi connectivity index (χ0v) is 9.45. The van der Waals surface area contributed by atoms with Gasteiger partial charge in [-0.15, -0.1) is 0 Å². The molecule has 3 heteroatoms. The predicted molar refractivity (Wildman–Crippen MR) is 65.2 cm³/mol. The highest BCUT2D eigenvalue weighted by atomic mass is 19.1. The molecule has 0 radical (unpaired) electrons. The number of hydrogen-bond donors (Lipinski definition) is 1. The number of carbonyl (C=O) groups excluding carboxylic acids is 1. The quantitative estimate of drug-likeness (QED) is 0.851. The highest BCUT2D eigenvalue weighted by Crippen LogP contribution is 2.09. The molecular weight excluding hydrogens is 217 g/mol. The third-order valence-electron chi connectivity index (χ3n) is 2.64. The van der Waals surface area contributed by atoms with Gasteiger partial charge in [-0.25, -0.2) is 4.39 Å². The molecule has 0 saturated heterocycles. The Balaban J connectivity index is 1.96. The van der Waals surface area contributed by atoms with E-state index in [4.69, 9.17) is 0 Å². The van der Waals surface area contributed by atoms with E-state index in [1.54, 1.807) is 12.1 Å². The Hall–Kier alpha value is -1.90. The Morgan fingerprint density at radius 3 is 2.82 bits per heavy atom. The summed E-state index contributed by atoms with van der Waals surface area (Å²) in [5, 5.41) is 2.71. The molecule has 1 amide bonds. The fourth-order valence-corrected chi connectivity index (χ4v) is 1.72. The number of rotatable bonds is 3. The van der Waals surface area contributed by atoms with E-state index in [0.29, 0.717) is 6.54 Å².